The second kappa shape index (κ2) is 15.5. The fraction of sp³-hybridized carbons (Fsp3) is 0.267. The molecule has 56 heavy (non-hydrogen) atoms. The van der Waals surface area contributed by atoms with Crippen LogP contribution in [-0.4, -0.2) is 61.8 Å². The Morgan fingerprint density at radius 1 is 1.07 bits per heavy atom. The Kier molecular flexibility index (Phi) is 10.2. The second-order valence-electron chi connectivity index (χ2n) is 14.8. The van der Waals surface area contributed by atoms with Crippen LogP contribution in [0.1, 0.15) is 63.0 Å². The minimum absolute atomic E-state index is 0.198. The van der Waals surface area contributed by atoms with Gasteiger partial charge in [0.1, 0.15) is 22.6 Å². The highest BCUT2D eigenvalue weighted by atomic mass is 16.4. The number of anilines is 1. The number of nitrogens with zero attached hydrogens (tertiary/aromatic N) is 5. The maximum absolute atomic E-state index is 11.2. The molecular formula is C45H43N7O4. The van der Waals surface area contributed by atoms with Gasteiger partial charge in [-0.3, -0.25) is 9.88 Å². The molecule has 3 atom stereocenters. The van der Waals surface area contributed by atoms with E-state index in [0.717, 1.165) is 58.2 Å². The first-order chi connectivity index (χ1) is 27.2. The standard InChI is InChI=1S/C45H43N7O4/c1-28-6-3-4-7-37(28)38-8-5-16-45(29(38)2,51-42-40-34(14-18-48-42)21-32(25-49-40)26-52-19-15-36(53)27-52)44-50-39-22-31(20-35(23-46)41(39)56-44)24-47-17-13-30-9-11-33(12-10-30)43(54)55/h3-12,14,16,18,20-22,25,29,36,47,53H,13,15,17,19,24,26-27H2,1-2H3,(H,48,51)(H,54,55)/t29-,36?,45?/m1/s1. The average Bonchev–Trinajstić information content (AvgIpc) is 3.83. The summed E-state index contributed by atoms with van der Waals surface area (Å²) < 4.78 is 6.66. The van der Waals surface area contributed by atoms with Gasteiger partial charge in [0.15, 0.2) is 11.4 Å². The largest absolute Gasteiger partial charge is 0.478 e. The van der Waals surface area contributed by atoms with Gasteiger partial charge in [-0.25, -0.2) is 14.8 Å². The van der Waals surface area contributed by atoms with Crippen molar-refractivity contribution in [3.8, 4) is 6.07 Å². The molecule has 1 fully saturated rings. The highest BCUT2D eigenvalue weighted by Crippen LogP contribution is 2.46. The lowest BCUT2D eigenvalue weighted by atomic mass is 9.73. The monoisotopic (exact) mass is 745 g/mol. The summed E-state index contributed by atoms with van der Waals surface area (Å²) in [6.07, 6.45) is 11.1. The molecular weight excluding hydrogens is 703 g/mol. The average molecular weight is 746 g/mol. The summed E-state index contributed by atoms with van der Waals surface area (Å²) in [5, 5.41) is 37.7. The Bertz CT molecular complexity index is 2540. The van der Waals surface area contributed by atoms with E-state index in [-0.39, 0.29) is 17.6 Å². The highest BCUT2D eigenvalue weighted by Gasteiger charge is 2.45. The van der Waals surface area contributed by atoms with Crippen molar-refractivity contribution in [2.24, 2.45) is 5.92 Å². The third-order valence-corrected chi connectivity index (χ3v) is 11.0. The number of aliphatic hydroxyl groups is 1. The number of fused-ring (bicyclic) bond motifs is 2. The number of likely N-dealkylation sites (tertiary alicyclic amines) is 1. The highest BCUT2D eigenvalue weighted by molar-refractivity contribution is 5.90. The number of β-amino-alcohol motifs (C(OH)–C–C–N with tert-alkyl or cyclic N) is 1. The van der Waals surface area contributed by atoms with E-state index in [9.17, 15) is 20.3 Å². The number of benzene rings is 3. The number of aliphatic hydroxyl groups excluding tert-OH is 1. The molecule has 282 valence electrons. The van der Waals surface area contributed by atoms with E-state index < -0.39 is 11.5 Å². The number of hydrogen-bond donors (Lipinski definition) is 4. The van der Waals surface area contributed by atoms with Crippen LogP contribution < -0.4 is 10.6 Å². The lowest BCUT2D eigenvalue weighted by molar-refractivity contribution is 0.0697. The lowest BCUT2D eigenvalue weighted by Crippen LogP contribution is -2.42. The van der Waals surface area contributed by atoms with Crippen molar-refractivity contribution in [3.63, 3.8) is 0 Å². The van der Waals surface area contributed by atoms with E-state index in [1.54, 1.807) is 18.3 Å². The first-order valence-corrected chi connectivity index (χ1v) is 19.0. The maximum Gasteiger partial charge on any atom is 0.335 e. The van der Waals surface area contributed by atoms with Crippen molar-refractivity contribution in [2.75, 3.05) is 25.0 Å². The molecule has 2 unspecified atom stereocenters. The summed E-state index contributed by atoms with van der Waals surface area (Å²) >= 11 is 0. The Morgan fingerprint density at radius 3 is 2.68 bits per heavy atom. The van der Waals surface area contributed by atoms with E-state index >= 15 is 0 Å². The van der Waals surface area contributed by atoms with Crippen molar-refractivity contribution < 1.29 is 19.4 Å². The third kappa shape index (κ3) is 7.30. The van der Waals surface area contributed by atoms with Crippen LogP contribution in [0.25, 0.3) is 27.6 Å². The van der Waals surface area contributed by atoms with Crippen LogP contribution >= 0.6 is 0 Å². The van der Waals surface area contributed by atoms with Crippen molar-refractivity contribution in [1.82, 2.24) is 25.2 Å². The van der Waals surface area contributed by atoms with Crippen LogP contribution in [0, 0.1) is 24.2 Å². The van der Waals surface area contributed by atoms with E-state index in [2.05, 4.69) is 65.8 Å². The zero-order chi connectivity index (χ0) is 38.8. The quantitative estimate of drug-likeness (QED) is 0.0943. The number of carbonyl (C=O) groups is 1. The number of aryl methyl sites for hydroxylation is 1. The Hall–Kier alpha value is -6.19. The zero-order valence-electron chi connectivity index (χ0n) is 31.4. The van der Waals surface area contributed by atoms with Gasteiger partial charge >= 0.3 is 5.97 Å². The molecule has 3 aromatic heterocycles. The lowest BCUT2D eigenvalue weighted by Gasteiger charge is -2.39. The molecule has 11 heteroatoms. The minimum Gasteiger partial charge on any atom is -0.478 e. The summed E-state index contributed by atoms with van der Waals surface area (Å²) in [5.41, 5.74) is 7.71. The van der Waals surface area contributed by atoms with Crippen LogP contribution in [0.15, 0.2) is 108 Å². The fourth-order valence-corrected chi connectivity index (χ4v) is 7.94. The normalized spacial score (nSPS) is 19.6. The molecule has 2 aliphatic rings. The van der Waals surface area contributed by atoms with Crippen molar-refractivity contribution in [1.29, 1.82) is 5.26 Å². The summed E-state index contributed by atoms with van der Waals surface area (Å²) in [4.78, 5) is 28.3. The second-order valence-corrected chi connectivity index (χ2v) is 14.8. The minimum atomic E-state index is -1.01. The van der Waals surface area contributed by atoms with Gasteiger partial charge in [-0.15, -0.1) is 0 Å². The first-order valence-electron chi connectivity index (χ1n) is 19.0. The van der Waals surface area contributed by atoms with E-state index in [0.29, 0.717) is 60.1 Å². The number of rotatable bonds is 12. The summed E-state index contributed by atoms with van der Waals surface area (Å²) in [6, 6.07) is 25.4. The predicted octanol–water partition coefficient (Wildman–Crippen LogP) is 7.15. The molecule has 4 heterocycles. The smallest absolute Gasteiger partial charge is 0.335 e. The maximum atomic E-state index is 11.2. The Morgan fingerprint density at radius 2 is 1.91 bits per heavy atom. The van der Waals surface area contributed by atoms with Gasteiger partial charge in [0.05, 0.1) is 17.2 Å². The van der Waals surface area contributed by atoms with Crippen molar-refractivity contribution >= 4 is 39.4 Å². The number of nitriles is 1. The van der Waals surface area contributed by atoms with Crippen LogP contribution in [0.4, 0.5) is 5.82 Å². The van der Waals surface area contributed by atoms with Crippen LogP contribution in [0.3, 0.4) is 0 Å². The summed E-state index contributed by atoms with van der Waals surface area (Å²) in [7, 11) is 0. The number of pyridine rings is 2. The fourth-order valence-electron chi connectivity index (χ4n) is 7.94. The predicted molar refractivity (Wildman–Crippen MR) is 216 cm³/mol. The molecule has 8 rings (SSSR count). The van der Waals surface area contributed by atoms with Gasteiger partial charge in [0.25, 0.3) is 0 Å². The van der Waals surface area contributed by atoms with E-state index in [4.69, 9.17) is 19.4 Å². The summed E-state index contributed by atoms with van der Waals surface area (Å²) in [6.45, 7) is 7.65. The number of hydrogen-bond acceptors (Lipinski definition) is 10. The van der Waals surface area contributed by atoms with Crippen molar-refractivity contribution in [2.45, 2.75) is 51.4 Å². The molecule has 0 radical (unpaired) electrons. The molecule has 4 N–H and O–H groups in total. The number of aromatic nitrogens is 3. The van der Waals surface area contributed by atoms with Gasteiger partial charge in [-0.1, -0.05) is 55.5 Å². The number of carboxylic acid groups (broad SMARTS) is 1. The number of aromatic carboxylic acids is 1. The van der Waals surface area contributed by atoms with Crippen LogP contribution in [0.2, 0.25) is 0 Å². The molecule has 1 saturated heterocycles. The van der Waals surface area contributed by atoms with Gasteiger partial charge in [-0.05, 0) is 102 Å². The summed E-state index contributed by atoms with van der Waals surface area (Å²) in [5.74, 6) is -0.153. The van der Waals surface area contributed by atoms with Gasteiger partial charge in [0.2, 0.25) is 5.89 Å². The molecule has 0 spiro atoms. The number of nitrogens with one attached hydrogen (secondary N) is 2. The zero-order valence-corrected chi connectivity index (χ0v) is 31.4. The molecule has 3 aromatic carbocycles. The molecule has 1 aliphatic heterocycles. The first kappa shape index (κ1) is 36.8. The molecule has 0 saturated carbocycles. The molecule has 0 bridgehead atoms. The number of allylic oxidation sites excluding steroid dienone is 2. The van der Waals surface area contributed by atoms with E-state index in [1.807, 2.05) is 54.7 Å². The van der Waals surface area contributed by atoms with Gasteiger partial charge in [0, 0.05) is 49.9 Å². The Labute approximate surface area is 325 Å². The molecule has 0 amide bonds. The van der Waals surface area contributed by atoms with Gasteiger partial charge in [-0.2, -0.15) is 5.26 Å². The molecule has 11 nitrogen and oxygen atoms in total. The van der Waals surface area contributed by atoms with Crippen LogP contribution in [0.5, 0.6) is 0 Å². The molecule has 1 aliphatic carbocycles. The Balaban J connectivity index is 1.12. The topological polar surface area (TPSA) is 160 Å². The number of carboxylic acids is 1. The van der Waals surface area contributed by atoms with E-state index in [1.165, 1.54) is 0 Å². The number of oxazole rings is 1. The van der Waals surface area contributed by atoms with Crippen LogP contribution in [-0.2, 0) is 25.0 Å². The third-order valence-electron chi connectivity index (χ3n) is 11.0. The van der Waals surface area contributed by atoms with Crippen molar-refractivity contribution in [3.05, 3.63) is 148 Å². The SMILES string of the molecule is Cc1ccccc1C1=CC=CC(Nc2nccc3cc(CN4CCC(O)C4)cnc23)(c2nc3cc(CNCCc4ccc(C(=O)O)cc4)cc(C#N)c3o2)[C@@H]1C. The molecule has 6 aromatic rings. The van der Waals surface area contributed by atoms with Gasteiger partial charge < -0.3 is 25.3 Å².